The fraction of sp³-hybridized carbons (Fsp3) is 0.357. The van der Waals surface area contributed by atoms with E-state index < -0.39 is 4.92 Å². The molecular weight excluding hydrogens is 272 g/mol. The maximum atomic E-state index is 11.0. The first-order valence-corrected chi connectivity index (χ1v) is 6.69. The monoisotopic (exact) mass is 290 g/mol. The molecule has 0 unspecified atom stereocenters. The first-order valence-electron chi connectivity index (χ1n) is 6.69. The van der Waals surface area contributed by atoms with Crippen LogP contribution < -0.4 is 10.1 Å². The van der Waals surface area contributed by atoms with Gasteiger partial charge in [-0.1, -0.05) is 19.1 Å². The van der Waals surface area contributed by atoms with Gasteiger partial charge in [0, 0.05) is 19.7 Å². The number of benzene rings is 1. The van der Waals surface area contributed by atoms with E-state index in [0.29, 0.717) is 12.4 Å². The number of ether oxygens (including phenoxy) is 1. The minimum absolute atomic E-state index is 0.0641. The van der Waals surface area contributed by atoms with Crippen LogP contribution >= 0.6 is 0 Å². The average molecular weight is 290 g/mol. The molecule has 1 aromatic heterocycles. The summed E-state index contributed by atoms with van der Waals surface area (Å²) in [6.07, 6.45) is 0. The van der Waals surface area contributed by atoms with Crippen molar-refractivity contribution in [1.29, 1.82) is 0 Å². The number of nitro benzene ring substituents is 1. The number of aryl methyl sites for hydroxylation is 2. The molecule has 0 aliphatic heterocycles. The highest BCUT2D eigenvalue weighted by atomic mass is 16.6. The molecule has 0 fully saturated rings. The Balaban J connectivity index is 2.38. The van der Waals surface area contributed by atoms with Crippen LogP contribution in [0.3, 0.4) is 0 Å². The molecule has 0 spiro atoms. The van der Waals surface area contributed by atoms with Crippen molar-refractivity contribution in [3.8, 4) is 11.6 Å². The van der Waals surface area contributed by atoms with Crippen molar-refractivity contribution >= 4 is 5.69 Å². The van der Waals surface area contributed by atoms with Gasteiger partial charge in [0.05, 0.1) is 16.2 Å². The van der Waals surface area contributed by atoms with E-state index in [2.05, 4.69) is 10.4 Å². The first-order chi connectivity index (χ1) is 10.0. The average Bonchev–Trinajstić information content (AvgIpc) is 2.71. The summed E-state index contributed by atoms with van der Waals surface area (Å²) in [4.78, 5) is 10.6. The number of aromatic nitrogens is 2. The summed E-state index contributed by atoms with van der Waals surface area (Å²) in [5.74, 6) is 0.728. The van der Waals surface area contributed by atoms with E-state index in [1.54, 1.807) is 29.9 Å². The second-order valence-corrected chi connectivity index (χ2v) is 4.60. The SMILES string of the molecule is CCNCc1c(C)nn(C)c1Oc1ccccc1[N+](=O)[O-]. The van der Waals surface area contributed by atoms with Crippen molar-refractivity contribution in [3.05, 3.63) is 45.6 Å². The molecule has 112 valence electrons. The fourth-order valence-corrected chi connectivity index (χ4v) is 2.06. The summed E-state index contributed by atoms with van der Waals surface area (Å²) < 4.78 is 7.37. The lowest BCUT2D eigenvalue weighted by atomic mass is 10.2. The van der Waals surface area contributed by atoms with E-state index in [-0.39, 0.29) is 11.4 Å². The van der Waals surface area contributed by atoms with E-state index in [1.807, 2.05) is 13.8 Å². The predicted octanol–water partition coefficient (Wildman–Crippen LogP) is 2.54. The zero-order valence-electron chi connectivity index (χ0n) is 12.3. The van der Waals surface area contributed by atoms with Gasteiger partial charge in [0.2, 0.25) is 11.6 Å². The van der Waals surface area contributed by atoms with Crippen LogP contribution in [0.2, 0.25) is 0 Å². The van der Waals surface area contributed by atoms with E-state index in [4.69, 9.17) is 4.74 Å². The highest BCUT2D eigenvalue weighted by Crippen LogP contribution is 2.33. The molecule has 2 rings (SSSR count). The standard InChI is InChI=1S/C14H18N4O3/c1-4-15-9-11-10(2)16-17(3)14(11)21-13-8-6-5-7-12(13)18(19)20/h5-8,15H,4,9H2,1-3H3. The van der Waals surface area contributed by atoms with Crippen molar-refractivity contribution in [2.45, 2.75) is 20.4 Å². The van der Waals surface area contributed by atoms with Gasteiger partial charge < -0.3 is 10.1 Å². The van der Waals surface area contributed by atoms with Gasteiger partial charge in [0.25, 0.3) is 0 Å². The molecule has 0 radical (unpaired) electrons. The van der Waals surface area contributed by atoms with Crippen molar-refractivity contribution < 1.29 is 9.66 Å². The number of hydrogen-bond acceptors (Lipinski definition) is 5. The molecule has 1 N–H and O–H groups in total. The maximum absolute atomic E-state index is 11.0. The van der Waals surface area contributed by atoms with Gasteiger partial charge in [0.15, 0.2) is 0 Å². The van der Waals surface area contributed by atoms with Crippen LogP contribution in [-0.2, 0) is 13.6 Å². The molecule has 21 heavy (non-hydrogen) atoms. The molecule has 0 saturated carbocycles. The Morgan fingerprint density at radius 2 is 2.14 bits per heavy atom. The highest BCUT2D eigenvalue weighted by molar-refractivity contribution is 5.48. The largest absolute Gasteiger partial charge is 0.432 e. The Bertz CT molecular complexity index is 652. The molecular formula is C14H18N4O3. The van der Waals surface area contributed by atoms with Crippen LogP contribution in [0.15, 0.2) is 24.3 Å². The van der Waals surface area contributed by atoms with Gasteiger partial charge in [-0.15, -0.1) is 0 Å². The van der Waals surface area contributed by atoms with Gasteiger partial charge in [-0.3, -0.25) is 10.1 Å². The Hall–Kier alpha value is -2.41. The molecule has 0 aliphatic carbocycles. The number of para-hydroxylation sites is 2. The summed E-state index contributed by atoms with van der Waals surface area (Å²) in [6.45, 7) is 5.32. The predicted molar refractivity (Wildman–Crippen MR) is 78.5 cm³/mol. The van der Waals surface area contributed by atoms with Gasteiger partial charge >= 0.3 is 5.69 Å². The third-order valence-corrected chi connectivity index (χ3v) is 3.11. The Morgan fingerprint density at radius 3 is 2.81 bits per heavy atom. The summed E-state index contributed by atoms with van der Waals surface area (Å²) >= 11 is 0. The Morgan fingerprint density at radius 1 is 1.43 bits per heavy atom. The van der Waals surface area contributed by atoms with Crippen LogP contribution in [0.25, 0.3) is 0 Å². The summed E-state index contributed by atoms with van der Waals surface area (Å²) in [6, 6.07) is 6.31. The molecule has 0 aliphatic rings. The third kappa shape index (κ3) is 3.19. The summed E-state index contributed by atoms with van der Waals surface area (Å²) in [5.41, 5.74) is 1.68. The quantitative estimate of drug-likeness (QED) is 0.653. The smallest absolute Gasteiger partial charge is 0.311 e. The zero-order valence-corrected chi connectivity index (χ0v) is 12.3. The number of nitro groups is 1. The number of nitrogens with zero attached hydrogens (tertiary/aromatic N) is 3. The van der Waals surface area contributed by atoms with Crippen LogP contribution in [0.1, 0.15) is 18.2 Å². The molecule has 0 atom stereocenters. The molecule has 7 heteroatoms. The molecule has 1 heterocycles. The van der Waals surface area contributed by atoms with E-state index >= 15 is 0 Å². The minimum atomic E-state index is -0.456. The molecule has 0 bridgehead atoms. The molecule has 0 saturated heterocycles. The molecule has 7 nitrogen and oxygen atoms in total. The highest BCUT2D eigenvalue weighted by Gasteiger charge is 2.20. The lowest BCUT2D eigenvalue weighted by Crippen LogP contribution is -2.13. The van der Waals surface area contributed by atoms with Crippen LogP contribution in [0.5, 0.6) is 11.6 Å². The second-order valence-electron chi connectivity index (χ2n) is 4.60. The van der Waals surface area contributed by atoms with E-state index in [1.165, 1.54) is 6.07 Å². The number of rotatable bonds is 6. The van der Waals surface area contributed by atoms with Crippen LogP contribution in [0.4, 0.5) is 5.69 Å². The lowest BCUT2D eigenvalue weighted by molar-refractivity contribution is -0.385. The molecule has 1 aromatic carbocycles. The molecule has 2 aromatic rings. The Labute approximate surface area is 122 Å². The first kappa shape index (κ1) is 15.0. The van der Waals surface area contributed by atoms with E-state index in [0.717, 1.165) is 17.8 Å². The van der Waals surface area contributed by atoms with E-state index in [9.17, 15) is 10.1 Å². The lowest BCUT2D eigenvalue weighted by Gasteiger charge is -2.09. The normalized spacial score (nSPS) is 10.6. The summed E-state index contributed by atoms with van der Waals surface area (Å²) in [5, 5.41) is 18.6. The zero-order chi connectivity index (χ0) is 15.4. The fourth-order valence-electron chi connectivity index (χ4n) is 2.06. The van der Waals surface area contributed by atoms with Crippen molar-refractivity contribution in [2.24, 2.45) is 7.05 Å². The van der Waals surface area contributed by atoms with Crippen LogP contribution in [-0.4, -0.2) is 21.2 Å². The van der Waals surface area contributed by atoms with Gasteiger partial charge in [-0.05, 0) is 19.5 Å². The second kappa shape index (κ2) is 6.36. The van der Waals surface area contributed by atoms with Crippen molar-refractivity contribution in [1.82, 2.24) is 15.1 Å². The summed E-state index contributed by atoms with van der Waals surface area (Å²) in [7, 11) is 1.76. The molecule has 0 amide bonds. The third-order valence-electron chi connectivity index (χ3n) is 3.11. The maximum Gasteiger partial charge on any atom is 0.311 e. The van der Waals surface area contributed by atoms with Gasteiger partial charge in [-0.25, -0.2) is 4.68 Å². The van der Waals surface area contributed by atoms with Gasteiger partial charge in [0.1, 0.15) is 0 Å². The van der Waals surface area contributed by atoms with Gasteiger partial charge in [-0.2, -0.15) is 5.10 Å². The topological polar surface area (TPSA) is 82.2 Å². The van der Waals surface area contributed by atoms with Crippen LogP contribution in [0, 0.1) is 17.0 Å². The van der Waals surface area contributed by atoms with Crippen molar-refractivity contribution in [2.75, 3.05) is 6.54 Å². The number of hydrogen-bond donors (Lipinski definition) is 1. The van der Waals surface area contributed by atoms with Crippen molar-refractivity contribution in [3.63, 3.8) is 0 Å². The number of nitrogens with one attached hydrogen (secondary N) is 1. The Kier molecular flexibility index (Phi) is 4.54. The minimum Gasteiger partial charge on any atom is -0.432 e.